The van der Waals surface area contributed by atoms with Gasteiger partial charge >= 0.3 is 0 Å². The number of carbonyl (C=O) groups is 2. The average Bonchev–Trinajstić information content (AvgIpc) is 3.05. The van der Waals surface area contributed by atoms with Crippen molar-refractivity contribution in [2.75, 3.05) is 46.2 Å². The largest absolute Gasteiger partial charge is 0.494 e. The van der Waals surface area contributed by atoms with Crippen LogP contribution < -0.4 is 10.1 Å². The highest BCUT2D eigenvalue weighted by Gasteiger charge is 2.28. The number of fused-ring (bicyclic) bond motifs is 1. The zero-order chi connectivity index (χ0) is 24.8. The van der Waals surface area contributed by atoms with Crippen LogP contribution in [0.3, 0.4) is 0 Å². The van der Waals surface area contributed by atoms with Gasteiger partial charge in [-0.1, -0.05) is 12.1 Å². The number of methoxy groups -OCH3 is 1. The van der Waals surface area contributed by atoms with Crippen LogP contribution in [0.1, 0.15) is 35.7 Å². The number of likely N-dealkylation sites (tertiary alicyclic amines) is 1. The summed E-state index contributed by atoms with van der Waals surface area (Å²) < 4.78 is 7.66. The van der Waals surface area contributed by atoms with Crippen LogP contribution in [0.5, 0.6) is 5.75 Å². The van der Waals surface area contributed by atoms with Gasteiger partial charge in [-0.3, -0.25) is 14.9 Å². The average molecular weight is 478 g/mol. The van der Waals surface area contributed by atoms with Gasteiger partial charge in [0, 0.05) is 25.7 Å². The molecule has 2 amide bonds. The van der Waals surface area contributed by atoms with Crippen LogP contribution in [0.4, 0.5) is 5.95 Å². The molecule has 1 atom stereocenters. The Morgan fingerprint density at radius 1 is 1.23 bits per heavy atom. The summed E-state index contributed by atoms with van der Waals surface area (Å²) in [5.41, 5.74) is 1.88. The van der Waals surface area contributed by atoms with Crippen molar-refractivity contribution in [3.63, 3.8) is 0 Å². The number of anilines is 1. The molecule has 2 aromatic heterocycles. The molecule has 0 saturated carbocycles. The third-order valence-electron chi connectivity index (χ3n) is 6.02. The second-order valence-corrected chi connectivity index (χ2v) is 8.82. The zero-order valence-electron chi connectivity index (χ0n) is 20.3. The fraction of sp³-hybridized carbons (Fsp3) is 0.400. The van der Waals surface area contributed by atoms with E-state index in [0.29, 0.717) is 42.4 Å². The molecule has 1 aromatic carbocycles. The van der Waals surface area contributed by atoms with Gasteiger partial charge in [-0.2, -0.15) is 10.2 Å². The lowest BCUT2D eigenvalue weighted by molar-refractivity contribution is -0.126. The van der Waals surface area contributed by atoms with Gasteiger partial charge in [0.1, 0.15) is 11.3 Å². The van der Waals surface area contributed by atoms with Gasteiger partial charge in [0.2, 0.25) is 11.9 Å². The number of likely N-dealkylation sites (N-methyl/N-ethyl adjacent to an activating group) is 1. The summed E-state index contributed by atoms with van der Waals surface area (Å²) in [6.07, 6.45) is 9.12. The summed E-state index contributed by atoms with van der Waals surface area (Å²) in [6, 6.07) is 7.15. The number of amides is 2. The lowest BCUT2D eigenvalue weighted by Crippen LogP contribution is -2.34. The Morgan fingerprint density at radius 3 is 2.83 bits per heavy atom. The van der Waals surface area contributed by atoms with Crippen molar-refractivity contribution in [1.82, 2.24) is 29.5 Å². The number of rotatable bonds is 7. The molecule has 0 aliphatic carbocycles. The predicted octanol–water partition coefficient (Wildman–Crippen LogP) is 2.76. The van der Waals surface area contributed by atoms with E-state index in [1.807, 2.05) is 52.7 Å². The first-order valence-electron chi connectivity index (χ1n) is 11.7. The fourth-order valence-corrected chi connectivity index (χ4v) is 4.32. The monoisotopic (exact) mass is 477 g/mol. The maximum atomic E-state index is 13.0. The van der Waals surface area contributed by atoms with Crippen molar-refractivity contribution in [3.8, 4) is 5.75 Å². The Hall–Kier alpha value is -3.79. The number of nitrogens with zero attached hydrogens (tertiary/aromatic N) is 6. The van der Waals surface area contributed by atoms with Gasteiger partial charge < -0.3 is 19.1 Å². The van der Waals surface area contributed by atoms with Gasteiger partial charge in [-0.05, 0) is 51.6 Å². The van der Waals surface area contributed by atoms with Crippen LogP contribution >= 0.6 is 0 Å². The molecule has 184 valence electrons. The molecule has 0 spiro atoms. The van der Waals surface area contributed by atoms with E-state index in [1.165, 1.54) is 12.4 Å². The number of benzene rings is 1. The van der Waals surface area contributed by atoms with Crippen molar-refractivity contribution < 1.29 is 14.3 Å². The van der Waals surface area contributed by atoms with E-state index in [4.69, 9.17) is 9.72 Å². The van der Waals surface area contributed by atoms with E-state index in [-0.39, 0.29) is 17.9 Å². The quantitative estimate of drug-likeness (QED) is 0.522. The van der Waals surface area contributed by atoms with Crippen LogP contribution in [0.2, 0.25) is 0 Å². The molecule has 3 heterocycles. The zero-order valence-corrected chi connectivity index (χ0v) is 20.3. The lowest BCUT2D eigenvalue weighted by atomic mass is 10.1. The number of aromatic nitrogens is 4. The fourth-order valence-electron chi connectivity index (χ4n) is 4.32. The molecule has 1 unspecified atom stereocenters. The van der Waals surface area contributed by atoms with Gasteiger partial charge in [0.15, 0.2) is 0 Å². The van der Waals surface area contributed by atoms with Crippen LogP contribution in [-0.2, 0) is 4.79 Å². The number of ether oxygens (including phenoxy) is 1. The molecular formula is C25H31N7O3. The third-order valence-corrected chi connectivity index (χ3v) is 6.02. The number of hydrogen-bond acceptors (Lipinski definition) is 7. The summed E-state index contributed by atoms with van der Waals surface area (Å²) in [7, 11) is 5.55. The smallest absolute Gasteiger partial charge is 0.259 e. The Labute approximate surface area is 204 Å². The molecule has 0 bridgehead atoms. The van der Waals surface area contributed by atoms with E-state index >= 15 is 0 Å². The Kier molecular flexibility index (Phi) is 7.71. The minimum atomic E-state index is -0.330. The molecule has 10 nitrogen and oxygen atoms in total. The lowest BCUT2D eigenvalue weighted by Gasteiger charge is -2.26. The standard InChI is InChI=1S/C25H31N7O3/c1-30(2)14-7-11-22(33)31-15-5-4-8-19(17-31)32-23-20(9-6-10-21(23)35-3)28-25(32)29-24(34)18-12-13-26-27-16-18/h6-7,9-13,16,19H,4-5,8,14-15,17H2,1-3H3,(H,28,29,34). The predicted molar refractivity (Wildman–Crippen MR) is 133 cm³/mol. The normalized spacial score (nSPS) is 16.6. The summed E-state index contributed by atoms with van der Waals surface area (Å²) in [4.78, 5) is 34.5. The number of carbonyl (C=O) groups excluding carboxylic acids is 2. The van der Waals surface area contributed by atoms with Crippen molar-refractivity contribution in [2.45, 2.75) is 25.3 Å². The molecule has 35 heavy (non-hydrogen) atoms. The number of para-hydroxylation sites is 1. The molecule has 1 N–H and O–H groups in total. The van der Waals surface area contributed by atoms with Crippen molar-refractivity contribution in [1.29, 1.82) is 0 Å². The van der Waals surface area contributed by atoms with E-state index < -0.39 is 0 Å². The van der Waals surface area contributed by atoms with Gasteiger partial charge in [0.05, 0.1) is 36.6 Å². The number of nitrogens with one attached hydrogen (secondary N) is 1. The van der Waals surface area contributed by atoms with Gasteiger partial charge in [-0.25, -0.2) is 4.98 Å². The van der Waals surface area contributed by atoms with Crippen LogP contribution in [0, 0.1) is 0 Å². The topological polar surface area (TPSA) is 105 Å². The van der Waals surface area contributed by atoms with Gasteiger partial charge in [-0.15, -0.1) is 0 Å². The highest BCUT2D eigenvalue weighted by molar-refractivity contribution is 6.04. The Morgan fingerprint density at radius 2 is 2.09 bits per heavy atom. The van der Waals surface area contributed by atoms with Crippen molar-refractivity contribution in [3.05, 3.63) is 54.4 Å². The summed E-state index contributed by atoms with van der Waals surface area (Å²) >= 11 is 0. The second-order valence-electron chi connectivity index (χ2n) is 8.82. The highest BCUT2D eigenvalue weighted by Crippen LogP contribution is 2.35. The van der Waals surface area contributed by atoms with E-state index in [2.05, 4.69) is 15.5 Å². The molecule has 10 heteroatoms. The third kappa shape index (κ3) is 5.65. The maximum absolute atomic E-state index is 13.0. The van der Waals surface area contributed by atoms with Crippen molar-refractivity contribution in [2.24, 2.45) is 0 Å². The van der Waals surface area contributed by atoms with Crippen LogP contribution in [0.15, 0.2) is 48.8 Å². The van der Waals surface area contributed by atoms with Gasteiger partial charge in [0.25, 0.3) is 5.91 Å². The molecule has 1 aliphatic heterocycles. The molecule has 1 fully saturated rings. The first-order valence-corrected chi connectivity index (χ1v) is 11.7. The van der Waals surface area contributed by atoms with Crippen LogP contribution in [0.25, 0.3) is 11.0 Å². The SMILES string of the molecule is COc1cccc2nc(NC(=O)c3ccnnc3)n(C3CCCCN(C(=O)C=CCN(C)C)C3)c12. The number of imidazole rings is 1. The molecular weight excluding hydrogens is 446 g/mol. The highest BCUT2D eigenvalue weighted by atomic mass is 16.5. The van der Waals surface area contributed by atoms with Crippen molar-refractivity contribution >= 4 is 28.8 Å². The molecule has 3 aromatic rings. The second kappa shape index (κ2) is 11.1. The number of hydrogen-bond donors (Lipinski definition) is 1. The first kappa shape index (κ1) is 24.3. The summed E-state index contributed by atoms with van der Waals surface area (Å²) in [5, 5.41) is 10.5. The van der Waals surface area contributed by atoms with Crippen LogP contribution in [-0.4, -0.2) is 82.2 Å². The minimum Gasteiger partial charge on any atom is -0.494 e. The maximum Gasteiger partial charge on any atom is 0.259 e. The first-order chi connectivity index (χ1) is 17.0. The molecule has 4 rings (SSSR count). The minimum absolute atomic E-state index is 0.0106. The molecule has 1 aliphatic rings. The van der Waals surface area contributed by atoms with E-state index in [9.17, 15) is 9.59 Å². The molecule has 1 saturated heterocycles. The summed E-state index contributed by atoms with van der Waals surface area (Å²) in [6.45, 7) is 1.90. The summed E-state index contributed by atoms with van der Waals surface area (Å²) in [5.74, 6) is 0.731. The van der Waals surface area contributed by atoms with E-state index in [1.54, 1.807) is 19.3 Å². The Bertz CT molecular complexity index is 1210. The van der Waals surface area contributed by atoms with E-state index in [0.717, 1.165) is 24.8 Å². The molecule has 0 radical (unpaired) electrons. The Balaban J connectivity index is 1.70.